The zero-order chi connectivity index (χ0) is 19.9. The Morgan fingerprint density at radius 2 is 1.81 bits per heavy atom. The molecule has 0 aliphatic heterocycles. The van der Waals surface area contributed by atoms with E-state index in [0.29, 0.717) is 11.3 Å². The number of nitrogens with one attached hydrogen (secondary N) is 2. The fraction of sp³-hybridized carbons (Fsp3) is 0.263. The molecule has 0 radical (unpaired) electrons. The lowest BCUT2D eigenvalue weighted by molar-refractivity contribution is -0.137. The molecule has 0 saturated carbocycles. The fourth-order valence-corrected chi connectivity index (χ4v) is 2.33. The van der Waals surface area contributed by atoms with Crippen molar-refractivity contribution in [2.24, 2.45) is 0 Å². The van der Waals surface area contributed by atoms with Crippen LogP contribution in [0.5, 0.6) is 0 Å². The second-order valence-electron chi connectivity index (χ2n) is 5.57. The van der Waals surface area contributed by atoms with Crippen LogP contribution in [0.4, 0.5) is 24.5 Å². The molecule has 0 aliphatic carbocycles. The van der Waals surface area contributed by atoms with E-state index in [2.05, 4.69) is 10.6 Å². The number of hydrogen-bond donors (Lipinski definition) is 2. The minimum Gasteiger partial charge on any atom is -0.462 e. The van der Waals surface area contributed by atoms with Gasteiger partial charge in [0, 0.05) is 24.3 Å². The van der Waals surface area contributed by atoms with Gasteiger partial charge in [-0.3, -0.25) is 4.79 Å². The summed E-state index contributed by atoms with van der Waals surface area (Å²) in [4.78, 5) is 23.8. The maximum Gasteiger partial charge on any atom is 0.416 e. The predicted octanol–water partition coefficient (Wildman–Crippen LogP) is 4.32. The standard InChI is InChI=1S/C19H19F3N2O3/c1-2-27-18(26)15-8-3-4-9-16(15)23-11-10-17(25)24-14-7-5-6-13(12-14)19(20,21)22/h3-9,12,23H,2,10-11H2,1H3,(H,24,25). The molecule has 2 rings (SSSR count). The molecule has 0 aliphatic rings. The maximum atomic E-state index is 12.7. The van der Waals surface area contributed by atoms with Crippen molar-refractivity contribution < 1.29 is 27.5 Å². The monoisotopic (exact) mass is 380 g/mol. The van der Waals surface area contributed by atoms with E-state index in [1.165, 1.54) is 12.1 Å². The van der Waals surface area contributed by atoms with Gasteiger partial charge in [-0.15, -0.1) is 0 Å². The number of esters is 1. The van der Waals surface area contributed by atoms with Gasteiger partial charge in [-0.25, -0.2) is 4.79 Å². The van der Waals surface area contributed by atoms with Gasteiger partial charge >= 0.3 is 12.1 Å². The van der Waals surface area contributed by atoms with Crippen molar-refractivity contribution >= 4 is 23.3 Å². The van der Waals surface area contributed by atoms with Gasteiger partial charge in [-0.2, -0.15) is 13.2 Å². The van der Waals surface area contributed by atoms with Crippen molar-refractivity contribution in [1.82, 2.24) is 0 Å². The molecule has 0 bridgehead atoms. The van der Waals surface area contributed by atoms with E-state index in [1.807, 2.05) is 0 Å². The number of carbonyl (C=O) groups excluding carboxylic acids is 2. The van der Waals surface area contributed by atoms with Crippen LogP contribution >= 0.6 is 0 Å². The summed E-state index contributed by atoms with van der Waals surface area (Å²) in [5.74, 6) is -0.926. The Morgan fingerprint density at radius 1 is 1.07 bits per heavy atom. The van der Waals surface area contributed by atoms with Crippen molar-refractivity contribution in [1.29, 1.82) is 0 Å². The fourth-order valence-electron chi connectivity index (χ4n) is 2.33. The molecule has 2 N–H and O–H groups in total. The van der Waals surface area contributed by atoms with Crippen molar-refractivity contribution in [3.05, 3.63) is 59.7 Å². The van der Waals surface area contributed by atoms with E-state index in [9.17, 15) is 22.8 Å². The first kappa shape index (κ1) is 20.3. The van der Waals surface area contributed by atoms with E-state index in [0.717, 1.165) is 12.1 Å². The first-order valence-electron chi connectivity index (χ1n) is 8.28. The molecule has 27 heavy (non-hydrogen) atoms. The Hall–Kier alpha value is -3.03. The molecule has 0 spiro atoms. The normalized spacial score (nSPS) is 11.0. The van der Waals surface area contributed by atoms with Gasteiger partial charge in [0.2, 0.25) is 5.91 Å². The molecule has 144 valence electrons. The highest BCUT2D eigenvalue weighted by Crippen LogP contribution is 2.30. The van der Waals surface area contributed by atoms with E-state index in [-0.39, 0.29) is 25.3 Å². The molecule has 0 atom stereocenters. The molecule has 0 heterocycles. The van der Waals surface area contributed by atoms with Gasteiger partial charge in [0.15, 0.2) is 0 Å². The minimum absolute atomic E-state index is 0.00735. The van der Waals surface area contributed by atoms with E-state index < -0.39 is 23.6 Å². The number of rotatable bonds is 7. The van der Waals surface area contributed by atoms with Crippen LogP contribution in [0.2, 0.25) is 0 Å². The highest BCUT2D eigenvalue weighted by atomic mass is 19.4. The van der Waals surface area contributed by atoms with Crippen molar-refractivity contribution in [3.63, 3.8) is 0 Å². The molecule has 0 aromatic heterocycles. The van der Waals surface area contributed by atoms with Crippen LogP contribution in [0.25, 0.3) is 0 Å². The Morgan fingerprint density at radius 3 is 2.52 bits per heavy atom. The SMILES string of the molecule is CCOC(=O)c1ccccc1NCCC(=O)Nc1cccc(C(F)(F)F)c1. The van der Waals surface area contributed by atoms with Crippen molar-refractivity contribution in [2.75, 3.05) is 23.8 Å². The van der Waals surface area contributed by atoms with Gasteiger partial charge in [0.05, 0.1) is 17.7 Å². The molecular weight excluding hydrogens is 361 g/mol. The summed E-state index contributed by atoms with van der Waals surface area (Å²) < 4.78 is 43.0. The minimum atomic E-state index is -4.47. The number of ether oxygens (including phenoxy) is 1. The lowest BCUT2D eigenvalue weighted by atomic mass is 10.1. The molecule has 0 unspecified atom stereocenters. The Bertz CT molecular complexity index is 807. The summed E-state index contributed by atoms with van der Waals surface area (Å²) in [7, 11) is 0. The third-order valence-electron chi connectivity index (χ3n) is 3.56. The van der Waals surface area contributed by atoms with E-state index in [4.69, 9.17) is 4.74 Å². The second-order valence-corrected chi connectivity index (χ2v) is 5.57. The molecule has 2 aromatic rings. The summed E-state index contributed by atoms with van der Waals surface area (Å²) in [6.07, 6.45) is -4.47. The first-order chi connectivity index (χ1) is 12.8. The number of para-hydroxylation sites is 1. The largest absolute Gasteiger partial charge is 0.462 e. The van der Waals surface area contributed by atoms with Gasteiger partial charge < -0.3 is 15.4 Å². The molecule has 0 saturated heterocycles. The van der Waals surface area contributed by atoms with E-state index >= 15 is 0 Å². The Kier molecular flexibility index (Phi) is 6.81. The molecule has 1 amide bonds. The number of amides is 1. The smallest absolute Gasteiger partial charge is 0.416 e. The van der Waals surface area contributed by atoms with Crippen molar-refractivity contribution in [2.45, 2.75) is 19.5 Å². The zero-order valence-corrected chi connectivity index (χ0v) is 14.6. The van der Waals surface area contributed by atoms with E-state index in [1.54, 1.807) is 31.2 Å². The summed E-state index contributed by atoms with van der Waals surface area (Å²) in [5.41, 5.74) is 0.101. The average Bonchev–Trinajstić information content (AvgIpc) is 2.62. The van der Waals surface area contributed by atoms with Crippen LogP contribution in [0, 0.1) is 0 Å². The highest BCUT2D eigenvalue weighted by Gasteiger charge is 2.30. The third kappa shape index (κ3) is 6.02. The summed E-state index contributed by atoms with van der Waals surface area (Å²) in [6, 6.07) is 11.1. The maximum absolute atomic E-state index is 12.7. The Balaban J connectivity index is 1.91. The van der Waals surface area contributed by atoms with Crippen molar-refractivity contribution in [3.8, 4) is 0 Å². The number of anilines is 2. The molecule has 0 fully saturated rings. The lowest BCUT2D eigenvalue weighted by Gasteiger charge is -2.12. The molecule has 2 aromatic carbocycles. The van der Waals surface area contributed by atoms with Crippen LogP contribution in [-0.4, -0.2) is 25.0 Å². The number of carbonyl (C=O) groups is 2. The quantitative estimate of drug-likeness (QED) is 0.702. The number of halogens is 3. The van der Waals surface area contributed by atoms with Crippen LogP contribution < -0.4 is 10.6 Å². The molecular formula is C19H19F3N2O3. The number of benzene rings is 2. The Labute approximate surface area is 154 Å². The molecule has 8 heteroatoms. The van der Waals surface area contributed by atoms with Gasteiger partial charge in [-0.05, 0) is 37.3 Å². The summed E-state index contributed by atoms with van der Waals surface area (Å²) in [6.45, 7) is 2.14. The van der Waals surface area contributed by atoms with Crippen LogP contribution in [-0.2, 0) is 15.7 Å². The summed E-state index contributed by atoms with van der Waals surface area (Å²) >= 11 is 0. The third-order valence-corrected chi connectivity index (χ3v) is 3.56. The van der Waals surface area contributed by atoms with Crippen LogP contribution in [0.1, 0.15) is 29.3 Å². The molecule has 5 nitrogen and oxygen atoms in total. The average molecular weight is 380 g/mol. The van der Waals surface area contributed by atoms with Gasteiger partial charge in [0.1, 0.15) is 0 Å². The first-order valence-corrected chi connectivity index (χ1v) is 8.28. The zero-order valence-electron chi connectivity index (χ0n) is 14.6. The summed E-state index contributed by atoms with van der Waals surface area (Å²) in [5, 5.41) is 5.39. The second kappa shape index (κ2) is 9.07. The lowest BCUT2D eigenvalue weighted by Crippen LogP contribution is -2.18. The van der Waals surface area contributed by atoms with Gasteiger partial charge in [0.25, 0.3) is 0 Å². The van der Waals surface area contributed by atoms with Crippen LogP contribution in [0.15, 0.2) is 48.5 Å². The van der Waals surface area contributed by atoms with Crippen LogP contribution in [0.3, 0.4) is 0 Å². The highest BCUT2D eigenvalue weighted by molar-refractivity contribution is 5.96. The van der Waals surface area contributed by atoms with Gasteiger partial charge in [-0.1, -0.05) is 18.2 Å². The predicted molar refractivity (Wildman–Crippen MR) is 95.6 cm³/mol. The number of alkyl halides is 3. The topological polar surface area (TPSA) is 67.4 Å². The number of hydrogen-bond acceptors (Lipinski definition) is 4.